The molecule has 0 aliphatic heterocycles. The van der Waals surface area contributed by atoms with Crippen LogP contribution in [0.15, 0.2) is 60.7 Å². The number of hydrogen-bond donors (Lipinski definition) is 0. The number of carbonyl (C=O) groups is 3. The summed E-state index contributed by atoms with van der Waals surface area (Å²) >= 11 is -5.42. The predicted octanol–water partition coefficient (Wildman–Crippen LogP) is 2.50. The second kappa shape index (κ2) is 8.93. The molecule has 0 heterocycles. The average molecular weight is 554 g/mol. The molecule has 138 valence electrons. The van der Waals surface area contributed by atoms with Crippen molar-refractivity contribution >= 4 is 43.6 Å². The molecule has 0 saturated carbocycles. The SMILES string of the molecule is C=C(C)C(=O)[O][Pb]([O]C(=O)C(=C)C)([O]C(=O)C(=C)C)[c]1ccc(C)cc1. The number of carbonyl (C=O) groups excluding carboxylic acids is 3. The first-order valence-electron chi connectivity index (χ1n) is 7.72. The van der Waals surface area contributed by atoms with Gasteiger partial charge in [0.1, 0.15) is 0 Å². The van der Waals surface area contributed by atoms with Crippen LogP contribution in [0.2, 0.25) is 0 Å². The van der Waals surface area contributed by atoms with Crippen LogP contribution in [-0.4, -0.2) is 40.4 Å². The van der Waals surface area contributed by atoms with E-state index >= 15 is 0 Å². The Balaban J connectivity index is 3.54. The van der Waals surface area contributed by atoms with E-state index in [1.165, 1.54) is 20.8 Å². The number of hydrogen-bond acceptors (Lipinski definition) is 6. The molecule has 1 aromatic rings. The van der Waals surface area contributed by atoms with Crippen molar-refractivity contribution in [2.75, 3.05) is 0 Å². The van der Waals surface area contributed by atoms with Gasteiger partial charge in [-0.2, -0.15) is 0 Å². The van der Waals surface area contributed by atoms with E-state index in [0.29, 0.717) is 3.12 Å². The van der Waals surface area contributed by atoms with E-state index in [1.54, 1.807) is 24.3 Å². The van der Waals surface area contributed by atoms with Crippen molar-refractivity contribution in [1.82, 2.24) is 0 Å². The molecule has 1 aromatic carbocycles. The molecule has 0 aromatic heterocycles. The zero-order valence-electron chi connectivity index (χ0n) is 15.4. The molecule has 0 spiro atoms. The fourth-order valence-corrected chi connectivity index (χ4v) is 10.6. The quantitative estimate of drug-likeness (QED) is 0.382. The summed E-state index contributed by atoms with van der Waals surface area (Å²) in [6.07, 6.45) is 0. The van der Waals surface area contributed by atoms with Crippen LogP contribution >= 0.6 is 0 Å². The average Bonchev–Trinajstić information content (AvgIpc) is 2.54. The van der Waals surface area contributed by atoms with E-state index in [4.69, 9.17) is 8.06 Å². The third-order valence-corrected chi connectivity index (χ3v) is 12.5. The second-order valence-electron chi connectivity index (χ2n) is 5.93. The molecular formula is C19H22O6Pb. The van der Waals surface area contributed by atoms with Crippen LogP contribution in [0.1, 0.15) is 26.3 Å². The van der Waals surface area contributed by atoms with Gasteiger partial charge in [0.15, 0.2) is 0 Å². The first-order valence-corrected chi connectivity index (χ1v) is 14.4. The van der Waals surface area contributed by atoms with Gasteiger partial charge in [-0.25, -0.2) is 0 Å². The van der Waals surface area contributed by atoms with Gasteiger partial charge in [0, 0.05) is 0 Å². The molecule has 0 saturated heterocycles. The molecule has 0 amide bonds. The Kier molecular flexibility index (Phi) is 7.49. The zero-order valence-corrected chi connectivity index (χ0v) is 19.3. The summed E-state index contributed by atoms with van der Waals surface area (Å²) in [5.74, 6) is -2.43. The molecule has 0 aliphatic carbocycles. The summed E-state index contributed by atoms with van der Waals surface area (Å²) in [6, 6.07) is 6.70. The molecule has 0 unspecified atom stereocenters. The molecule has 26 heavy (non-hydrogen) atoms. The van der Waals surface area contributed by atoms with Gasteiger partial charge in [0.05, 0.1) is 0 Å². The van der Waals surface area contributed by atoms with Crippen molar-refractivity contribution < 1.29 is 22.4 Å². The number of rotatable bonds is 7. The third kappa shape index (κ3) is 5.65. The molecule has 0 atom stereocenters. The zero-order chi connectivity index (χ0) is 20.1. The Morgan fingerprint density at radius 2 is 1.04 bits per heavy atom. The van der Waals surface area contributed by atoms with Crippen molar-refractivity contribution in [2.24, 2.45) is 0 Å². The van der Waals surface area contributed by atoms with Gasteiger partial charge in [0.2, 0.25) is 0 Å². The van der Waals surface area contributed by atoms with Crippen molar-refractivity contribution in [3.63, 3.8) is 0 Å². The Morgan fingerprint density at radius 1 is 0.731 bits per heavy atom. The maximum atomic E-state index is 12.2. The van der Waals surface area contributed by atoms with Gasteiger partial charge in [0.25, 0.3) is 0 Å². The van der Waals surface area contributed by atoms with E-state index in [1.807, 2.05) is 6.92 Å². The van der Waals surface area contributed by atoms with E-state index in [2.05, 4.69) is 19.7 Å². The molecule has 0 bridgehead atoms. The second-order valence-corrected chi connectivity index (χ2v) is 14.9. The number of benzene rings is 1. The van der Waals surface area contributed by atoms with Crippen LogP contribution in [0.3, 0.4) is 0 Å². The molecule has 0 fully saturated rings. The summed E-state index contributed by atoms with van der Waals surface area (Å²) in [5, 5.41) is 0. The van der Waals surface area contributed by atoms with Crippen LogP contribution in [0, 0.1) is 6.92 Å². The molecule has 0 N–H and O–H groups in total. The molecular weight excluding hydrogens is 531 g/mol. The van der Waals surface area contributed by atoms with Crippen LogP contribution in [0.4, 0.5) is 0 Å². The Bertz CT molecular complexity index is 706. The van der Waals surface area contributed by atoms with E-state index < -0.39 is 40.4 Å². The van der Waals surface area contributed by atoms with E-state index in [-0.39, 0.29) is 16.7 Å². The standard InChI is InChI=1S/C7H7.3C4H6O2.Pb/c1-7-5-3-2-4-6-7;3*1-3(2)4(5)6;/h3-6H,1H3;3*1H2,2H3,(H,5,6);/q;;;;+3/p-3. The number of aryl methyl sites for hydroxylation is 1. The fraction of sp³-hybridized carbons (Fsp3) is 0.211. The van der Waals surface area contributed by atoms with Crippen molar-refractivity contribution in [2.45, 2.75) is 27.7 Å². The minimum absolute atomic E-state index is 0.0826. The van der Waals surface area contributed by atoms with Gasteiger partial charge < -0.3 is 0 Å². The third-order valence-electron chi connectivity index (χ3n) is 3.13. The van der Waals surface area contributed by atoms with Gasteiger partial charge in [-0.15, -0.1) is 0 Å². The topological polar surface area (TPSA) is 78.9 Å². The minimum atomic E-state index is -5.42. The maximum absolute atomic E-state index is 12.2. The summed E-state index contributed by atoms with van der Waals surface area (Å²) in [7, 11) is 0. The Labute approximate surface area is 159 Å². The Hall–Kier alpha value is -2.23. The van der Waals surface area contributed by atoms with Crippen LogP contribution in [-0.2, 0) is 22.4 Å². The first-order chi connectivity index (χ1) is 12.0. The van der Waals surface area contributed by atoms with Gasteiger partial charge in [-0.1, -0.05) is 0 Å². The molecule has 0 aliphatic rings. The van der Waals surface area contributed by atoms with Gasteiger partial charge in [-0.3, -0.25) is 0 Å². The molecule has 0 radical (unpaired) electrons. The first kappa shape index (κ1) is 21.8. The van der Waals surface area contributed by atoms with Crippen LogP contribution in [0.5, 0.6) is 0 Å². The van der Waals surface area contributed by atoms with Crippen molar-refractivity contribution in [3.8, 4) is 0 Å². The van der Waals surface area contributed by atoms with Crippen LogP contribution in [0.25, 0.3) is 0 Å². The van der Waals surface area contributed by atoms with E-state index in [0.717, 1.165) is 5.56 Å². The Morgan fingerprint density at radius 3 is 1.31 bits per heavy atom. The fourth-order valence-electron chi connectivity index (χ4n) is 1.62. The molecule has 7 heteroatoms. The molecule has 6 nitrogen and oxygen atoms in total. The summed E-state index contributed by atoms with van der Waals surface area (Å²) in [5.41, 5.74) is 1.18. The van der Waals surface area contributed by atoms with Gasteiger partial charge >= 0.3 is 160 Å². The summed E-state index contributed by atoms with van der Waals surface area (Å²) in [4.78, 5) is 36.6. The normalized spacial score (nSPS) is 10.5. The molecule has 1 rings (SSSR count). The van der Waals surface area contributed by atoms with Crippen molar-refractivity contribution in [1.29, 1.82) is 0 Å². The van der Waals surface area contributed by atoms with Gasteiger partial charge in [-0.05, 0) is 0 Å². The monoisotopic (exact) mass is 554 g/mol. The van der Waals surface area contributed by atoms with E-state index in [9.17, 15) is 14.4 Å². The predicted molar refractivity (Wildman–Crippen MR) is 99.3 cm³/mol. The summed E-state index contributed by atoms with van der Waals surface area (Å²) < 4.78 is 16.8. The van der Waals surface area contributed by atoms with Crippen LogP contribution < -0.4 is 3.12 Å². The van der Waals surface area contributed by atoms with Crippen molar-refractivity contribution in [3.05, 3.63) is 66.3 Å². The summed E-state index contributed by atoms with van der Waals surface area (Å²) in [6.45, 7) is 16.7.